The molecular formula is C18H27N3O4. The van der Waals surface area contributed by atoms with E-state index in [-0.39, 0.29) is 23.7 Å². The van der Waals surface area contributed by atoms with Gasteiger partial charge in [0.05, 0.1) is 12.1 Å². The van der Waals surface area contributed by atoms with Gasteiger partial charge in [-0.25, -0.2) is 4.79 Å². The van der Waals surface area contributed by atoms with Crippen LogP contribution >= 0.6 is 0 Å². The number of hydrogen-bond acceptors (Lipinski definition) is 4. The molecule has 7 heteroatoms. The Labute approximate surface area is 147 Å². The third-order valence-electron chi connectivity index (χ3n) is 5.51. The Balaban J connectivity index is 1.96. The van der Waals surface area contributed by atoms with Gasteiger partial charge >= 0.3 is 6.09 Å². The number of likely N-dealkylation sites (tertiary alicyclic amines) is 1. The summed E-state index contributed by atoms with van der Waals surface area (Å²) in [6.07, 6.45) is 0.395. The second kappa shape index (κ2) is 5.75. The first-order chi connectivity index (χ1) is 11.6. The predicted molar refractivity (Wildman–Crippen MR) is 92.2 cm³/mol. The molecule has 1 N–H and O–H groups in total. The molecular weight excluding hydrogens is 322 g/mol. The summed E-state index contributed by atoms with van der Waals surface area (Å²) in [6, 6.07) is -0.199. The molecule has 138 valence electrons. The number of carbonyl (C=O) groups is 2. The number of aryl methyl sites for hydroxylation is 1. The lowest BCUT2D eigenvalue weighted by atomic mass is 9.72. The van der Waals surface area contributed by atoms with Crippen molar-refractivity contribution >= 4 is 11.9 Å². The Morgan fingerprint density at radius 1 is 1.44 bits per heavy atom. The number of ketones is 1. The van der Waals surface area contributed by atoms with E-state index in [1.165, 1.54) is 4.90 Å². The lowest BCUT2D eigenvalue weighted by Gasteiger charge is -2.50. The average molecular weight is 349 g/mol. The number of rotatable bonds is 1. The van der Waals surface area contributed by atoms with Crippen molar-refractivity contribution in [3.05, 3.63) is 11.4 Å². The number of aromatic nitrogens is 2. The summed E-state index contributed by atoms with van der Waals surface area (Å²) in [5.74, 6) is 0.572. The minimum atomic E-state index is -0.910. The number of piperidine rings is 1. The van der Waals surface area contributed by atoms with E-state index < -0.39 is 11.7 Å². The highest BCUT2D eigenvalue weighted by Crippen LogP contribution is 2.45. The molecule has 2 aliphatic rings. The number of carbonyl (C=O) groups excluding carboxylic acids is 1. The van der Waals surface area contributed by atoms with Crippen LogP contribution in [0.15, 0.2) is 0 Å². The van der Waals surface area contributed by atoms with Gasteiger partial charge in [0.1, 0.15) is 5.60 Å². The van der Waals surface area contributed by atoms with Gasteiger partial charge in [0.2, 0.25) is 0 Å². The van der Waals surface area contributed by atoms with Crippen molar-refractivity contribution in [2.24, 2.45) is 5.41 Å². The second-order valence-electron chi connectivity index (χ2n) is 8.28. The summed E-state index contributed by atoms with van der Waals surface area (Å²) in [5.41, 5.74) is 0.400. The van der Waals surface area contributed by atoms with Crippen LogP contribution in [0.25, 0.3) is 0 Å². The molecule has 2 unspecified atom stereocenters. The molecule has 1 spiro atoms. The van der Waals surface area contributed by atoms with Gasteiger partial charge < -0.3 is 14.7 Å². The Hall–Kier alpha value is -2.05. The van der Waals surface area contributed by atoms with Crippen LogP contribution in [0.4, 0.5) is 4.79 Å². The molecule has 3 heterocycles. The molecule has 1 aromatic rings. The smallest absolute Gasteiger partial charge is 0.407 e. The third kappa shape index (κ3) is 2.89. The lowest BCUT2D eigenvalue weighted by molar-refractivity contribution is -0.0525. The number of nitrogens with zero attached hydrogens (tertiary/aromatic N) is 3. The van der Waals surface area contributed by atoms with Crippen molar-refractivity contribution in [2.45, 2.75) is 72.1 Å². The van der Waals surface area contributed by atoms with Crippen LogP contribution in [-0.4, -0.2) is 49.9 Å². The molecule has 2 aliphatic heterocycles. The fourth-order valence-electron chi connectivity index (χ4n) is 4.07. The Kier molecular flexibility index (Phi) is 4.08. The number of carboxylic acid groups (broad SMARTS) is 1. The Morgan fingerprint density at radius 2 is 2.12 bits per heavy atom. The summed E-state index contributed by atoms with van der Waals surface area (Å²) in [7, 11) is 0. The third-order valence-corrected chi connectivity index (χ3v) is 5.51. The minimum absolute atomic E-state index is 0.00650. The van der Waals surface area contributed by atoms with E-state index in [1.54, 1.807) is 4.68 Å². The van der Waals surface area contributed by atoms with Crippen LogP contribution in [0.3, 0.4) is 0 Å². The van der Waals surface area contributed by atoms with E-state index >= 15 is 0 Å². The van der Waals surface area contributed by atoms with Crippen LogP contribution in [-0.2, 0) is 6.54 Å². The first-order valence-corrected chi connectivity index (χ1v) is 8.87. The molecule has 0 saturated carbocycles. The maximum Gasteiger partial charge on any atom is 0.407 e. The molecule has 3 rings (SSSR count). The quantitative estimate of drug-likeness (QED) is 0.842. The van der Waals surface area contributed by atoms with E-state index in [2.05, 4.69) is 5.10 Å². The van der Waals surface area contributed by atoms with E-state index in [9.17, 15) is 14.7 Å². The van der Waals surface area contributed by atoms with Gasteiger partial charge in [0, 0.05) is 32.0 Å². The normalized spacial score (nSPS) is 26.5. The molecule has 2 atom stereocenters. The van der Waals surface area contributed by atoms with Crippen molar-refractivity contribution in [1.29, 1.82) is 0 Å². The molecule has 1 saturated heterocycles. The first-order valence-electron chi connectivity index (χ1n) is 8.87. The molecule has 25 heavy (non-hydrogen) atoms. The van der Waals surface area contributed by atoms with Crippen molar-refractivity contribution in [3.8, 4) is 5.75 Å². The maximum atomic E-state index is 12.7. The highest BCUT2D eigenvalue weighted by atomic mass is 16.5. The fourth-order valence-corrected chi connectivity index (χ4v) is 4.07. The second-order valence-corrected chi connectivity index (χ2v) is 8.28. The number of ether oxygens (including phenoxy) is 1. The average Bonchev–Trinajstić information content (AvgIpc) is 2.83. The monoisotopic (exact) mass is 349 g/mol. The van der Waals surface area contributed by atoms with Crippen molar-refractivity contribution in [2.75, 3.05) is 6.54 Å². The largest absolute Gasteiger partial charge is 0.482 e. The number of hydrogen-bond donors (Lipinski definition) is 1. The van der Waals surface area contributed by atoms with Crippen molar-refractivity contribution in [3.63, 3.8) is 0 Å². The highest BCUT2D eigenvalue weighted by Gasteiger charge is 2.51. The first kappa shape index (κ1) is 17.8. The fraction of sp³-hybridized carbons (Fsp3) is 0.722. The van der Waals surface area contributed by atoms with Crippen LogP contribution in [0.1, 0.15) is 63.1 Å². The molecule has 1 fully saturated rings. The number of fused-ring (bicyclic) bond motifs is 1. The zero-order chi connectivity index (χ0) is 18.6. The van der Waals surface area contributed by atoms with E-state index in [0.29, 0.717) is 37.4 Å². The molecule has 1 aromatic heterocycles. The van der Waals surface area contributed by atoms with Gasteiger partial charge in [-0.2, -0.15) is 5.10 Å². The molecule has 7 nitrogen and oxygen atoms in total. The van der Waals surface area contributed by atoms with Crippen LogP contribution in [0.2, 0.25) is 0 Å². The van der Waals surface area contributed by atoms with E-state index in [1.807, 2.05) is 34.6 Å². The summed E-state index contributed by atoms with van der Waals surface area (Å²) in [6.45, 7) is 11.0. The highest BCUT2D eigenvalue weighted by molar-refractivity contribution is 5.99. The number of Topliss-reactive ketones (excluding diaryl/α,β-unsaturated/α-hetero) is 1. The summed E-state index contributed by atoms with van der Waals surface area (Å²) in [5, 5.41) is 13.9. The topological polar surface area (TPSA) is 84.7 Å². The zero-order valence-corrected chi connectivity index (χ0v) is 15.6. The summed E-state index contributed by atoms with van der Waals surface area (Å²) < 4.78 is 8.16. The zero-order valence-electron chi connectivity index (χ0n) is 15.6. The molecule has 0 aliphatic carbocycles. The van der Waals surface area contributed by atoms with Crippen molar-refractivity contribution in [1.82, 2.24) is 14.7 Å². The van der Waals surface area contributed by atoms with Gasteiger partial charge in [0.25, 0.3) is 0 Å². The van der Waals surface area contributed by atoms with Crippen LogP contribution in [0, 0.1) is 12.3 Å². The standard InChI is InChI=1S/C18H27N3O4/c1-6-21-11(2)15-14(19-21)12(22)9-18(25-15)7-8-20(16(23)24)13(10-18)17(3,4)5/h13H,6-10H2,1-5H3,(H,23,24). The van der Waals surface area contributed by atoms with Crippen LogP contribution < -0.4 is 4.74 Å². The van der Waals surface area contributed by atoms with Crippen molar-refractivity contribution < 1.29 is 19.4 Å². The predicted octanol–water partition coefficient (Wildman–Crippen LogP) is 3.10. The lowest BCUT2D eigenvalue weighted by Crippen LogP contribution is -2.59. The van der Waals surface area contributed by atoms with E-state index in [0.717, 1.165) is 5.69 Å². The number of amides is 1. The van der Waals surface area contributed by atoms with Gasteiger partial charge in [-0.15, -0.1) is 0 Å². The molecule has 0 radical (unpaired) electrons. The summed E-state index contributed by atoms with van der Waals surface area (Å²) >= 11 is 0. The van der Waals surface area contributed by atoms with Gasteiger partial charge in [-0.3, -0.25) is 9.48 Å². The Bertz CT molecular complexity index is 719. The van der Waals surface area contributed by atoms with Gasteiger partial charge in [-0.1, -0.05) is 20.8 Å². The maximum absolute atomic E-state index is 12.7. The minimum Gasteiger partial charge on any atom is -0.482 e. The Morgan fingerprint density at radius 3 is 2.68 bits per heavy atom. The van der Waals surface area contributed by atoms with Gasteiger partial charge in [-0.05, 0) is 19.3 Å². The van der Waals surface area contributed by atoms with Gasteiger partial charge in [0.15, 0.2) is 17.2 Å². The molecule has 0 aromatic carbocycles. The van der Waals surface area contributed by atoms with Crippen LogP contribution in [0.5, 0.6) is 5.75 Å². The summed E-state index contributed by atoms with van der Waals surface area (Å²) in [4.78, 5) is 25.9. The molecule has 0 bridgehead atoms. The SMILES string of the molecule is CCn1nc2c(c1C)OC1(CCN(C(=O)O)C(C(C)(C)C)C1)CC2=O. The van der Waals surface area contributed by atoms with E-state index in [4.69, 9.17) is 4.74 Å². The molecule has 1 amide bonds.